The molecule has 0 aliphatic heterocycles. The van der Waals surface area contributed by atoms with Crippen molar-refractivity contribution < 1.29 is 9.53 Å². The Balaban J connectivity index is 2.32. The molecule has 1 atom stereocenters. The van der Waals surface area contributed by atoms with Gasteiger partial charge in [0, 0.05) is 5.69 Å². The quantitative estimate of drug-likeness (QED) is 0.861. The third kappa shape index (κ3) is 3.18. The Hall–Kier alpha value is -2.29. The van der Waals surface area contributed by atoms with Crippen LogP contribution in [0.2, 0.25) is 0 Å². The molecule has 0 aliphatic rings. The maximum Gasteiger partial charge on any atom is 0.332 e. The van der Waals surface area contributed by atoms with Crippen LogP contribution in [0.1, 0.15) is 22.7 Å². The number of carbonyl (C=O) groups is 1. The SMILES string of the molecule is COC(=O)C(Nc1ccccc1)c1ccc(C)c(C)c1. The smallest absolute Gasteiger partial charge is 0.332 e. The van der Waals surface area contributed by atoms with Gasteiger partial charge >= 0.3 is 5.97 Å². The molecule has 2 aromatic carbocycles. The molecule has 2 rings (SSSR count). The summed E-state index contributed by atoms with van der Waals surface area (Å²) < 4.78 is 4.91. The summed E-state index contributed by atoms with van der Waals surface area (Å²) in [5, 5.41) is 3.22. The number of methoxy groups -OCH3 is 1. The van der Waals surface area contributed by atoms with Gasteiger partial charge in [0.2, 0.25) is 0 Å². The van der Waals surface area contributed by atoms with E-state index in [1.54, 1.807) is 0 Å². The van der Waals surface area contributed by atoms with Crippen molar-refractivity contribution in [1.82, 2.24) is 0 Å². The second-order valence-electron chi connectivity index (χ2n) is 4.81. The van der Waals surface area contributed by atoms with Crippen molar-refractivity contribution in [2.45, 2.75) is 19.9 Å². The molecule has 0 spiro atoms. The average molecular weight is 269 g/mol. The van der Waals surface area contributed by atoms with Crippen molar-refractivity contribution in [3.05, 3.63) is 65.2 Å². The Morgan fingerprint density at radius 1 is 1.05 bits per heavy atom. The van der Waals surface area contributed by atoms with Crippen molar-refractivity contribution in [1.29, 1.82) is 0 Å². The van der Waals surface area contributed by atoms with Crippen molar-refractivity contribution in [3.63, 3.8) is 0 Å². The van der Waals surface area contributed by atoms with Crippen LogP contribution in [0.3, 0.4) is 0 Å². The number of hydrogen-bond acceptors (Lipinski definition) is 3. The first-order valence-electron chi connectivity index (χ1n) is 6.58. The lowest BCUT2D eigenvalue weighted by molar-refractivity contribution is -0.141. The lowest BCUT2D eigenvalue weighted by Gasteiger charge is -2.19. The highest BCUT2D eigenvalue weighted by molar-refractivity contribution is 5.81. The summed E-state index contributed by atoms with van der Waals surface area (Å²) >= 11 is 0. The first-order valence-corrected chi connectivity index (χ1v) is 6.58. The zero-order valence-corrected chi connectivity index (χ0v) is 12.0. The molecule has 0 bridgehead atoms. The van der Waals surface area contributed by atoms with Crippen molar-refractivity contribution in [2.24, 2.45) is 0 Å². The number of rotatable bonds is 4. The van der Waals surface area contributed by atoms with Crippen molar-refractivity contribution >= 4 is 11.7 Å². The highest BCUT2D eigenvalue weighted by atomic mass is 16.5. The molecule has 0 aliphatic carbocycles. The molecule has 0 radical (unpaired) electrons. The summed E-state index contributed by atoms with van der Waals surface area (Å²) in [7, 11) is 1.41. The van der Waals surface area contributed by atoms with Gasteiger partial charge in [0.05, 0.1) is 7.11 Å². The number of hydrogen-bond donors (Lipinski definition) is 1. The minimum Gasteiger partial charge on any atom is -0.467 e. The van der Waals surface area contributed by atoms with E-state index in [0.29, 0.717) is 0 Å². The van der Waals surface area contributed by atoms with E-state index in [0.717, 1.165) is 16.8 Å². The normalized spacial score (nSPS) is 11.8. The van der Waals surface area contributed by atoms with Gasteiger partial charge in [-0.3, -0.25) is 0 Å². The zero-order valence-electron chi connectivity index (χ0n) is 12.0. The minimum atomic E-state index is -0.498. The third-order valence-electron chi connectivity index (χ3n) is 3.39. The van der Waals surface area contributed by atoms with Crippen molar-refractivity contribution in [3.8, 4) is 0 Å². The standard InChI is InChI=1S/C17H19NO2/c1-12-9-10-14(11-13(12)2)16(17(19)20-3)18-15-7-5-4-6-8-15/h4-11,16,18H,1-3H3. The van der Waals surface area contributed by atoms with Gasteiger partial charge < -0.3 is 10.1 Å². The largest absolute Gasteiger partial charge is 0.467 e. The third-order valence-corrected chi connectivity index (χ3v) is 3.39. The van der Waals surface area contributed by atoms with Crippen LogP contribution in [0.15, 0.2) is 48.5 Å². The van der Waals surface area contributed by atoms with Gasteiger partial charge in [-0.25, -0.2) is 4.79 Å². The van der Waals surface area contributed by atoms with Gasteiger partial charge in [-0.1, -0.05) is 36.4 Å². The van der Waals surface area contributed by atoms with E-state index in [-0.39, 0.29) is 5.97 Å². The summed E-state index contributed by atoms with van der Waals surface area (Å²) in [5.41, 5.74) is 4.16. The number of aryl methyl sites for hydroxylation is 2. The fourth-order valence-electron chi connectivity index (χ4n) is 2.04. The van der Waals surface area contributed by atoms with E-state index in [1.165, 1.54) is 12.7 Å². The maximum atomic E-state index is 12.0. The average Bonchev–Trinajstić information content (AvgIpc) is 2.48. The van der Waals surface area contributed by atoms with E-state index >= 15 is 0 Å². The highest BCUT2D eigenvalue weighted by Gasteiger charge is 2.21. The van der Waals surface area contributed by atoms with Crippen LogP contribution in [-0.4, -0.2) is 13.1 Å². The van der Waals surface area contributed by atoms with Crippen LogP contribution in [-0.2, 0) is 9.53 Å². The van der Waals surface area contributed by atoms with E-state index in [9.17, 15) is 4.79 Å². The van der Waals surface area contributed by atoms with E-state index < -0.39 is 6.04 Å². The first kappa shape index (κ1) is 14.1. The Morgan fingerprint density at radius 2 is 1.75 bits per heavy atom. The molecule has 0 aromatic heterocycles. The molecule has 0 fully saturated rings. The molecule has 0 saturated heterocycles. The van der Waals surface area contributed by atoms with Gasteiger partial charge in [0.15, 0.2) is 6.04 Å². The summed E-state index contributed by atoms with van der Waals surface area (Å²) in [5.74, 6) is -0.294. The summed E-state index contributed by atoms with van der Waals surface area (Å²) in [6.07, 6.45) is 0. The van der Waals surface area contributed by atoms with Crippen molar-refractivity contribution in [2.75, 3.05) is 12.4 Å². The summed E-state index contributed by atoms with van der Waals surface area (Å²) in [6, 6.07) is 15.2. The van der Waals surface area contributed by atoms with Gasteiger partial charge in [0.25, 0.3) is 0 Å². The van der Waals surface area contributed by atoms with Crippen LogP contribution < -0.4 is 5.32 Å². The predicted molar refractivity (Wildman–Crippen MR) is 80.7 cm³/mol. The second-order valence-corrected chi connectivity index (χ2v) is 4.81. The number of nitrogens with one attached hydrogen (secondary N) is 1. The Bertz CT molecular complexity index is 593. The van der Waals surface area contributed by atoms with E-state index in [2.05, 4.69) is 12.2 Å². The topological polar surface area (TPSA) is 38.3 Å². The van der Waals surface area contributed by atoms with Crippen LogP contribution in [0, 0.1) is 13.8 Å². The van der Waals surface area contributed by atoms with Crippen LogP contribution in [0.25, 0.3) is 0 Å². The van der Waals surface area contributed by atoms with Gasteiger partial charge in [-0.05, 0) is 42.7 Å². The minimum absolute atomic E-state index is 0.294. The fourth-order valence-corrected chi connectivity index (χ4v) is 2.04. The monoisotopic (exact) mass is 269 g/mol. The molecule has 104 valence electrons. The summed E-state index contributed by atoms with van der Waals surface area (Å²) in [4.78, 5) is 12.0. The molecule has 1 N–H and O–H groups in total. The molecule has 20 heavy (non-hydrogen) atoms. The molecule has 3 heteroatoms. The van der Waals surface area contributed by atoms with Crippen LogP contribution >= 0.6 is 0 Å². The molecular weight excluding hydrogens is 250 g/mol. The lowest BCUT2D eigenvalue weighted by atomic mass is 10.0. The number of benzene rings is 2. The van der Waals surface area contributed by atoms with Gasteiger partial charge in [0.1, 0.15) is 0 Å². The molecule has 0 amide bonds. The summed E-state index contributed by atoms with van der Waals surface area (Å²) in [6.45, 7) is 4.09. The first-order chi connectivity index (χ1) is 9.61. The highest BCUT2D eigenvalue weighted by Crippen LogP contribution is 2.23. The van der Waals surface area contributed by atoms with Gasteiger partial charge in [-0.15, -0.1) is 0 Å². The molecule has 0 heterocycles. The molecule has 1 unspecified atom stereocenters. The number of anilines is 1. The van der Waals surface area contributed by atoms with E-state index in [1.807, 2.05) is 55.5 Å². The number of carbonyl (C=O) groups excluding carboxylic acids is 1. The van der Waals surface area contributed by atoms with Crippen LogP contribution in [0.4, 0.5) is 5.69 Å². The molecule has 3 nitrogen and oxygen atoms in total. The Kier molecular flexibility index (Phi) is 4.41. The maximum absolute atomic E-state index is 12.0. The number of esters is 1. The Labute approximate surface area is 119 Å². The number of ether oxygens (including phenoxy) is 1. The lowest BCUT2D eigenvalue weighted by Crippen LogP contribution is -2.22. The van der Waals surface area contributed by atoms with Gasteiger partial charge in [-0.2, -0.15) is 0 Å². The van der Waals surface area contributed by atoms with E-state index in [4.69, 9.17) is 4.74 Å². The Morgan fingerprint density at radius 3 is 2.35 bits per heavy atom. The zero-order chi connectivity index (χ0) is 14.5. The molecular formula is C17H19NO2. The fraction of sp³-hybridized carbons (Fsp3) is 0.235. The molecule has 2 aromatic rings. The second kappa shape index (κ2) is 6.24. The molecule has 0 saturated carbocycles. The predicted octanol–water partition coefficient (Wildman–Crippen LogP) is 3.63. The number of para-hydroxylation sites is 1. The van der Waals surface area contributed by atoms with Crippen LogP contribution in [0.5, 0.6) is 0 Å².